The van der Waals surface area contributed by atoms with Gasteiger partial charge in [-0.3, -0.25) is 0 Å². The molecule has 1 saturated heterocycles. The first-order chi connectivity index (χ1) is 13.0. The second kappa shape index (κ2) is 8.57. The van der Waals surface area contributed by atoms with E-state index >= 15 is 0 Å². The summed E-state index contributed by atoms with van der Waals surface area (Å²) in [5, 5.41) is 6.39. The van der Waals surface area contributed by atoms with Crippen LogP contribution in [0.5, 0.6) is 5.75 Å². The average Bonchev–Trinajstić information content (AvgIpc) is 2.59. The van der Waals surface area contributed by atoms with Crippen LogP contribution in [0, 0.1) is 12.8 Å². The number of hydrogen-bond donors (Lipinski definition) is 2. The zero-order valence-electron chi connectivity index (χ0n) is 17.0. The third-order valence-corrected chi connectivity index (χ3v) is 5.18. The van der Waals surface area contributed by atoms with Gasteiger partial charge >= 0.3 is 0 Å². The van der Waals surface area contributed by atoms with Gasteiger partial charge in [-0.25, -0.2) is 4.98 Å². The fraction of sp³-hybridized carbons (Fsp3) is 0.524. The number of hydrogen-bond acceptors (Lipinski definition) is 6. The van der Waals surface area contributed by atoms with Crippen LogP contribution in [0.4, 0.5) is 17.5 Å². The Morgan fingerprint density at radius 3 is 2.67 bits per heavy atom. The van der Waals surface area contributed by atoms with E-state index in [2.05, 4.69) is 45.4 Å². The van der Waals surface area contributed by atoms with E-state index in [1.54, 1.807) is 7.11 Å². The number of nitrogens with zero attached hydrogens (tertiary/aromatic N) is 3. The van der Waals surface area contributed by atoms with Crippen molar-refractivity contribution in [2.24, 2.45) is 5.92 Å². The minimum atomic E-state index is 0.599. The highest BCUT2D eigenvalue weighted by atomic mass is 16.5. The maximum atomic E-state index is 5.57. The number of ether oxygens (including phenoxy) is 1. The van der Waals surface area contributed by atoms with Gasteiger partial charge in [0.2, 0.25) is 5.95 Å². The molecule has 0 spiro atoms. The summed E-state index contributed by atoms with van der Waals surface area (Å²) in [4.78, 5) is 11.5. The second-order valence-electron chi connectivity index (χ2n) is 7.57. The van der Waals surface area contributed by atoms with E-state index in [4.69, 9.17) is 4.74 Å². The smallest absolute Gasteiger partial charge is 0.229 e. The number of nitrogens with one attached hydrogen (secondary N) is 2. The third-order valence-electron chi connectivity index (χ3n) is 5.18. The normalized spacial score (nSPS) is 14.9. The molecule has 0 atom stereocenters. The highest BCUT2D eigenvalue weighted by molar-refractivity contribution is 5.58. The van der Waals surface area contributed by atoms with Gasteiger partial charge in [0.25, 0.3) is 0 Å². The Morgan fingerprint density at radius 2 is 2.00 bits per heavy atom. The van der Waals surface area contributed by atoms with Gasteiger partial charge in [-0.15, -0.1) is 0 Å². The van der Waals surface area contributed by atoms with E-state index in [1.165, 1.54) is 25.1 Å². The van der Waals surface area contributed by atoms with Crippen LogP contribution in [0.25, 0.3) is 0 Å². The zero-order valence-corrected chi connectivity index (χ0v) is 17.0. The molecular formula is C21H31N5O. The number of methoxy groups -OCH3 is 1. The summed E-state index contributed by atoms with van der Waals surface area (Å²) in [7, 11) is 3.59. The minimum Gasteiger partial charge on any atom is -0.496 e. The Kier molecular flexibility index (Phi) is 6.16. The third kappa shape index (κ3) is 4.89. The van der Waals surface area contributed by atoms with Crippen LogP contribution in [-0.4, -0.2) is 48.2 Å². The monoisotopic (exact) mass is 369 g/mol. The summed E-state index contributed by atoms with van der Waals surface area (Å²) >= 11 is 0. The fourth-order valence-corrected chi connectivity index (χ4v) is 3.51. The maximum Gasteiger partial charge on any atom is 0.229 e. The van der Waals surface area contributed by atoms with Crippen LogP contribution in [-0.2, 0) is 6.42 Å². The predicted octanol–water partition coefficient (Wildman–Crippen LogP) is 3.85. The van der Waals surface area contributed by atoms with Crippen molar-refractivity contribution >= 4 is 17.5 Å². The standard InChI is InChI=1S/C21H31N5O/c1-14(2)26-12-16(13-26)6-7-17-11-18(8-9-19(17)27-5)24-21-23-15(3)10-20(22-4)25-21/h8-11,14,16H,6-7,12-13H2,1-5H3,(H2,22,23,24,25). The van der Waals surface area contributed by atoms with Crippen LogP contribution in [0.3, 0.4) is 0 Å². The van der Waals surface area contributed by atoms with Gasteiger partial charge in [0.15, 0.2) is 0 Å². The summed E-state index contributed by atoms with van der Waals surface area (Å²) in [6, 6.07) is 8.76. The molecule has 2 aromatic rings. The molecule has 1 aromatic carbocycles. The molecule has 6 heteroatoms. The molecule has 6 nitrogen and oxygen atoms in total. The summed E-state index contributed by atoms with van der Waals surface area (Å²) < 4.78 is 5.57. The van der Waals surface area contributed by atoms with E-state index in [9.17, 15) is 0 Å². The largest absolute Gasteiger partial charge is 0.496 e. The first kappa shape index (κ1) is 19.4. The summed E-state index contributed by atoms with van der Waals surface area (Å²) in [5.41, 5.74) is 3.13. The second-order valence-corrected chi connectivity index (χ2v) is 7.57. The first-order valence-corrected chi connectivity index (χ1v) is 9.70. The molecule has 1 aliphatic rings. The Balaban J connectivity index is 1.67. The number of rotatable bonds is 8. The molecule has 0 amide bonds. The Bertz CT molecular complexity index is 771. The highest BCUT2D eigenvalue weighted by Crippen LogP contribution is 2.29. The lowest BCUT2D eigenvalue weighted by molar-refractivity contribution is 0.0629. The van der Waals surface area contributed by atoms with Crippen LogP contribution in [0.15, 0.2) is 24.3 Å². The summed E-state index contributed by atoms with van der Waals surface area (Å²) in [5.74, 6) is 3.13. The molecule has 2 N–H and O–H groups in total. The Labute approximate surface area is 162 Å². The predicted molar refractivity (Wildman–Crippen MR) is 111 cm³/mol. The van der Waals surface area contributed by atoms with Crippen molar-refractivity contribution in [1.29, 1.82) is 0 Å². The molecule has 0 aliphatic carbocycles. The summed E-state index contributed by atoms with van der Waals surface area (Å²) in [6.45, 7) is 8.92. The van der Waals surface area contributed by atoms with Crippen molar-refractivity contribution in [2.75, 3.05) is 37.9 Å². The Hall–Kier alpha value is -2.34. The lowest BCUT2D eigenvalue weighted by atomic mass is 9.91. The van der Waals surface area contributed by atoms with Gasteiger partial charge in [0, 0.05) is 43.6 Å². The molecule has 0 unspecified atom stereocenters. The van der Waals surface area contributed by atoms with E-state index in [0.29, 0.717) is 12.0 Å². The van der Waals surface area contributed by atoms with E-state index in [-0.39, 0.29) is 0 Å². The molecule has 1 aromatic heterocycles. The van der Waals surface area contributed by atoms with Crippen molar-refractivity contribution in [1.82, 2.24) is 14.9 Å². The van der Waals surface area contributed by atoms with Gasteiger partial charge in [0.1, 0.15) is 11.6 Å². The van der Waals surface area contributed by atoms with Crippen molar-refractivity contribution in [3.05, 3.63) is 35.5 Å². The molecule has 0 radical (unpaired) electrons. The van der Waals surface area contributed by atoms with E-state index in [0.717, 1.165) is 35.3 Å². The van der Waals surface area contributed by atoms with Crippen molar-refractivity contribution in [2.45, 2.75) is 39.7 Å². The maximum absolute atomic E-state index is 5.57. The van der Waals surface area contributed by atoms with Crippen LogP contribution in [0.2, 0.25) is 0 Å². The fourth-order valence-electron chi connectivity index (χ4n) is 3.51. The van der Waals surface area contributed by atoms with Gasteiger partial charge < -0.3 is 20.3 Å². The molecule has 0 bridgehead atoms. The van der Waals surface area contributed by atoms with Gasteiger partial charge in [0.05, 0.1) is 7.11 Å². The van der Waals surface area contributed by atoms with E-state index < -0.39 is 0 Å². The molecule has 1 fully saturated rings. The van der Waals surface area contributed by atoms with Gasteiger partial charge in [-0.05, 0) is 63.3 Å². The molecular weight excluding hydrogens is 338 g/mol. The van der Waals surface area contributed by atoms with Crippen LogP contribution < -0.4 is 15.4 Å². The molecule has 1 aliphatic heterocycles. The molecule has 2 heterocycles. The van der Waals surface area contributed by atoms with Crippen molar-refractivity contribution in [3.63, 3.8) is 0 Å². The quantitative estimate of drug-likeness (QED) is 0.737. The first-order valence-electron chi connectivity index (χ1n) is 9.70. The molecule has 3 rings (SSSR count). The number of anilines is 3. The van der Waals surface area contributed by atoms with Crippen molar-refractivity contribution < 1.29 is 4.74 Å². The van der Waals surface area contributed by atoms with Crippen LogP contribution >= 0.6 is 0 Å². The zero-order chi connectivity index (χ0) is 19.4. The molecule has 27 heavy (non-hydrogen) atoms. The van der Waals surface area contributed by atoms with Crippen LogP contribution in [0.1, 0.15) is 31.5 Å². The topological polar surface area (TPSA) is 62.3 Å². The SMILES string of the molecule is CNc1cc(C)nc(Nc2ccc(OC)c(CCC3CN(C(C)C)C3)c2)n1. The lowest BCUT2D eigenvalue weighted by Gasteiger charge is -2.42. The molecule has 0 saturated carbocycles. The minimum absolute atomic E-state index is 0.599. The van der Waals surface area contributed by atoms with Crippen molar-refractivity contribution in [3.8, 4) is 5.75 Å². The lowest BCUT2D eigenvalue weighted by Crippen LogP contribution is -2.50. The van der Waals surface area contributed by atoms with Gasteiger partial charge in [-0.2, -0.15) is 4.98 Å². The number of aryl methyl sites for hydroxylation is 2. The van der Waals surface area contributed by atoms with Gasteiger partial charge in [-0.1, -0.05) is 0 Å². The average molecular weight is 370 g/mol. The highest BCUT2D eigenvalue weighted by Gasteiger charge is 2.28. The Morgan fingerprint density at radius 1 is 1.22 bits per heavy atom. The number of benzene rings is 1. The number of likely N-dealkylation sites (tertiary alicyclic amines) is 1. The number of aromatic nitrogens is 2. The molecule has 146 valence electrons. The van der Waals surface area contributed by atoms with E-state index in [1.807, 2.05) is 32.2 Å². The summed E-state index contributed by atoms with van der Waals surface area (Å²) in [6.07, 6.45) is 2.21.